The molecule has 2 aliphatic rings. The third-order valence-corrected chi connectivity index (χ3v) is 6.37. The molecule has 8 heteroatoms. The van der Waals surface area contributed by atoms with Gasteiger partial charge in [0.1, 0.15) is 17.1 Å². The summed E-state index contributed by atoms with van der Waals surface area (Å²) in [6, 6.07) is 0. The zero-order valence-electron chi connectivity index (χ0n) is 22.8. The maximum atomic E-state index is 12.9. The number of allylic oxidation sites excluding steroid dienone is 5. The van der Waals surface area contributed by atoms with Gasteiger partial charge < -0.3 is 25.3 Å². The minimum Gasteiger partial charge on any atom is -0.444 e. The van der Waals surface area contributed by atoms with E-state index in [1.165, 1.54) is 5.70 Å². The molecule has 1 saturated heterocycles. The lowest BCUT2D eigenvalue weighted by Crippen LogP contribution is -2.49. The number of nitrogens with one attached hydrogen (secondary N) is 1. The van der Waals surface area contributed by atoms with Gasteiger partial charge in [0.15, 0.2) is 5.78 Å². The zero-order valence-corrected chi connectivity index (χ0v) is 22.8. The van der Waals surface area contributed by atoms with Gasteiger partial charge in [0.05, 0.1) is 11.3 Å². The van der Waals surface area contributed by atoms with Gasteiger partial charge in [0.25, 0.3) is 0 Å². The summed E-state index contributed by atoms with van der Waals surface area (Å²) >= 11 is 0. The first-order valence-electron chi connectivity index (χ1n) is 12.6. The van der Waals surface area contributed by atoms with Gasteiger partial charge in [-0.1, -0.05) is 40.3 Å². The molecular weight excluding hydrogens is 454 g/mol. The van der Waals surface area contributed by atoms with Gasteiger partial charge in [-0.3, -0.25) is 4.79 Å². The highest BCUT2D eigenvalue weighted by Crippen LogP contribution is 2.35. The molecule has 0 radical (unpaired) electrons. The molecule has 8 nitrogen and oxygen atoms in total. The second-order valence-electron chi connectivity index (χ2n) is 11.6. The summed E-state index contributed by atoms with van der Waals surface area (Å²) in [4.78, 5) is 37.2. The fourth-order valence-electron chi connectivity index (χ4n) is 4.39. The molecule has 0 unspecified atom stereocenters. The van der Waals surface area contributed by atoms with Crippen molar-refractivity contribution in [2.75, 3.05) is 31.9 Å². The van der Waals surface area contributed by atoms with E-state index in [0.717, 1.165) is 25.1 Å². The van der Waals surface area contributed by atoms with Crippen LogP contribution in [0.3, 0.4) is 0 Å². The lowest BCUT2D eigenvalue weighted by molar-refractivity contribution is 0.0165. The molecule has 1 aliphatic heterocycles. The highest BCUT2D eigenvalue weighted by molar-refractivity contribution is 6.13. The number of hydrogen-bond donors (Lipinski definition) is 2. The quantitative estimate of drug-likeness (QED) is 0.415. The number of rotatable bonds is 5. The van der Waals surface area contributed by atoms with Gasteiger partial charge in [0.2, 0.25) is 0 Å². The number of anilines is 1. The number of hydrogen-bond acceptors (Lipinski definition) is 6. The van der Waals surface area contributed by atoms with E-state index in [-0.39, 0.29) is 17.8 Å². The van der Waals surface area contributed by atoms with Crippen molar-refractivity contribution < 1.29 is 14.3 Å². The lowest BCUT2D eigenvalue weighted by atomic mass is 9.86. The zero-order chi connectivity index (χ0) is 26.8. The first-order valence-corrected chi connectivity index (χ1v) is 12.6. The molecule has 0 aromatic carbocycles. The van der Waals surface area contributed by atoms with E-state index in [2.05, 4.69) is 35.5 Å². The van der Waals surface area contributed by atoms with Gasteiger partial charge in [-0.25, -0.2) is 9.79 Å². The molecule has 0 bridgehead atoms. The smallest absolute Gasteiger partial charge is 0.410 e. The summed E-state index contributed by atoms with van der Waals surface area (Å²) in [5.41, 5.74) is 9.07. The number of H-pyrrole nitrogens is 1. The maximum Gasteiger partial charge on any atom is 0.410 e. The Hall–Kier alpha value is -3.29. The van der Waals surface area contributed by atoms with Crippen LogP contribution >= 0.6 is 0 Å². The third kappa shape index (κ3) is 6.28. The molecule has 1 aromatic rings. The fraction of sp³-hybridized carbons (Fsp3) is 0.536. The second kappa shape index (κ2) is 10.4. The van der Waals surface area contributed by atoms with Gasteiger partial charge in [0, 0.05) is 43.5 Å². The summed E-state index contributed by atoms with van der Waals surface area (Å²) in [7, 11) is 0. The second-order valence-corrected chi connectivity index (χ2v) is 11.6. The number of ketones is 1. The topological polar surface area (TPSA) is 104 Å². The number of aliphatic imine (C=N–C) groups is 1. The van der Waals surface area contributed by atoms with E-state index in [4.69, 9.17) is 15.5 Å². The Morgan fingerprint density at radius 1 is 1.14 bits per heavy atom. The van der Waals surface area contributed by atoms with E-state index in [0.29, 0.717) is 35.9 Å². The molecule has 2 heterocycles. The Bertz CT molecular complexity index is 1100. The van der Waals surface area contributed by atoms with Crippen LogP contribution in [0.15, 0.2) is 47.3 Å². The van der Waals surface area contributed by atoms with Gasteiger partial charge in [-0.15, -0.1) is 0 Å². The molecule has 196 valence electrons. The summed E-state index contributed by atoms with van der Waals surface area (Å²) in [5.74, 6) is 0.550. The molecule has 0 spiro atoms. The number of carbonyl (C=O) groups is 2. The molecule has 3 rings (SSSR count). The first kappa shape index (κ1) is 27.3. The Morgan fingerprint density at radius 2 is 1.78 bits per heavy atom. The first-order chi connectivity index (χ1) is 16.7. The predicted molar refractivity (Wildman–Crippen MR) is 146 cm³/mol. The molecule has 3 N–H and O–H groups in total. The van der Waals surface area contributed by atoms with Crippen molar-refractivity contribution in [3.63, 3.8) is 0 Å². The number of nitrogen functional groups attached to an aromatic ring is 1. The number of ether oxygens (including phenoxy) is 1. The van der Waals surface area contributed by atoms with Crippen LogP contribution < -0.4 is 5.73 Å². The van der Waals surface area contributed by atoms with Crippen LogP contribution in [0.4, 0.5) is 16.3 Å². The Balaban J connectivity index is 1.77. The van der Waals surface area contributed by atoms with Crippen molar-refractivity contribution in [2.45, 2.75) is 60.5 Å². The number of aromatic nitrogens is 1. The van der Waals surface area contributed by atoms with Crippen molar-refractivity contribution in [1.82, 2.24) is 14.8 Å². The molecule has 1 amide bonds. The maximum absolute atomic E-state index is 12.9. The Labute approximate surface area is 215 Å². The van der Waals surface area contributed by atoms with Crippen molar-refractivity contribution >= 4 is 29.1 Å². The molecule has 1 atom stereocenters. The predicted octanol–water partition coefficient (Wildman–Crippen LogP) is 5.49. The molecule has 1 aromatic heterocycles. The number of amides is 1. The van der Waals surface area contributed by atoms with Gasteiger partial charge >= 0.3 is 6.09 Å². The van der Waals surface area contributed by atoms with Gasteiger partial charge in [-0.05, 0) is 50.8 Å². The van der Waals surface area contributed by atoms with E-state index in [1.54, 1.807) is 17.2 Å². The summed E-state index contributed by atoms with van der Waals surface area (Å²) in [6.07, 6.45) is 8.16. The molecular formula is C28H41N5O3. The standard InChI is InChI=1S/C28H41N5O3/c1-9-22(31-23-21(17-30-25(23)29)24(34)27(3,4)5)20-11-10-19(16-18(20)2)32-12-14-33(15-13-32)26(35)36-28(6,7)8/h9-11,17-18,30H,1,12-16,29H2,2-8H3/t18-/m0/s1. The van der Waals surface area contributed by atoms with E-state index in [1.807, 2.05) is 41.5 Å². The third-order valence-electron chi connectivity index (χ3n) is 6.37. The van der Waals surface area contributed by atoms with Crippen molar-refractivity contribution in [1.29, 1.82) is 0 Å². The summed E-state index contributed by atoms with van der Waals surface area (Å²) in [6.45, 7) is 20.2. The number of carbonyl (C=O) groups excluding carboxylic acids is 2. The number of piperazine rings is 1. The van der Waals surface area contributed by atoms with Crippen LogP contribution in [0.2, 0.25) is 0 Å². The van der Waals surface area contributed by atoms with E-state index in [9.17, 15) is 9.59 Å². The Kier molecular flexibility index (Phi) is 7.86. The van der Waals surface area contributed by atoms with Crippen molar-refractivity contribution in [2.24, 2.45) is 16.3 Å². The SMILES string of the molecule is C=CC(=Nc1c(C(=O)C(C)(C)C)c[nH]c1N)C1=CC=C(N2CCN(C(=O)OC(C)(C)C)CC2)C[C@@H]1C. The number of aromatic amines is 1. The van der Waals surface area contributed by atoms with Crippen molar-refractivity contribution in [3.8, 4) is 0 Å². The minimum absolute atomic E-state index is 0.0176. The largest absolute Gasteiger partial charge is 0.444 e. The number of Topliss-reactive ketones (excluding diaryl/α,β-unsaturated/α-hetero) is 1. The van der Waals surface area contributed by atoms with Gasteiger partial charge in [-0.2, -0.15) is 0 Å². The van der Waals surface area contributed by atoms with E-state index >= 15 is 0 Å². The monoisotopic (exact) mass is 495 g/mol. The van der Waals surface area contributed by atoms with Crippen molar-refractivity contribution in [3.05, 3.63) is 47.8 Å². The highest BCUT2D eigenvalue weighted by atomic mass is 16.6. The average molecular weight is 496 g/mol. The van der Waals surface area contributed by atoms with Crippen LogP contribution in [-0.4, -0.2) is 64.2 Å². The van der Waals surface area contributed by atoms with Crippen LogP contribution in [0.1, 0.15) is 65.2 Å². The van der Waals surface area contributed by atoms with Crippen LogP contribution in [-0.2, 0) is 4.74 Å². The number of nitrogens with zero attached hydrogens (tertiary/aromatic N) is 3. The molecule has 0 saturated carbocycles. The molecule has 1 aliphatic carbocycles. The number of nitrogens with two attached hydrogens (primary N) is 1. The highest BCUT2D eigenvalue weighted by Gasteiger charge is 2.30. The summed E-state index contributed by atoms with van der Waals surface area (Å²) in [5, 5.41) is 0. The average Bonchev–Trinajstić information content (AvgIpc) is 3.15. The lowest BCUT2D eigenvalue weighted by Gasteiger charge is -2.39. The molecule has 1 fully saturated rings. The normalized spacial score (nSPS) is 19.5. The Morgan fingerprint density at radius 3 is 2.31 bits per heavy atom. The fourth-order valence-corrected chi connectivity index (χ4v) is 4.39. The van der Waals surface area contributed by atoms with E-state index < -0.39 is 11.0 Å². The molecule has 36 heavy (non-hydrogen) atoms. The van der Waals surface area contributed by atoms with Crippen LogP contribution in [0.25, 0.3) is 0 Å². The van der Waals surface area contributed by atoms with Crippen LogP contribution in [0, 0.1) is 11.3 Å². The minimum atomic E-state index is -0.546. The van der Waals surface area contributed by atoms with Crippen LogP contribution in [0.5, 0.6) is 0 Å². The summed E-state index contributed by atoms with van der Waals surface area (Å²) < 4.78 is 5.51.